The molecule has 0 unspecified atom stereocenters. The quantitative estimate of drug-likeness (QED) is 0.766. The number of thiazole rings is 1. The fourth-order valence-electron chi connectivity index (χ4n) is 3.14. The smallest absolute Gasteiger partial charge is 0.265 e. The van der Waals surface area contributed by atoms with E-state index in [0.29, 0.717) is 11.1 Å². The Bertz CT molecular complexity index is 707. The molecular weight excluding hydrogens is 328 g/mol. The van der Waals surface area contributed by atoms with Crippen molar-refractivity contribution in [2.24, 2.45) is 0 Å². The number of benzene rings is 1. The van der Waals surface area contributed by atoms with E-state index in [0.717, 1.165) is 34.0 Å². The molecule has 0 N–H and O–H groups in total. The zero-order valence-corrected chi connectivity index (χ0v) is 15.1. The maximum atomic E-state index is 12.9. The van der Waals surface area contributed by atoms with E-state index >= 15 is 0 Å². The van der Waals surface area contributed by atoms with Crippen molar-refractivity contribution >= 4 is 28.8 Å². The van der Waals surface area contributed by atoms with E-state index in [9.17, 15) is 4.79 Å². The summed E-state index contributed by atoms with van der Waals surface area (Å²) in [5.74, 6) is 0.0882. The highest BCUT2D eigenvalue weighted by Crippen LogP contribution is 2.34. The topological polar surface area (TPSA) is 33.2 Å². The van der Waals surface area contributed by atoms with Gasteiger partial charge in [0.25, 0.3) is 5.91 Å². The summed E-state index contributed by atoms with van der Waals surface area (Å²) in [5, 5.41) is 1.48. The summed E-state index contributed by atoms with van der Waals surface area (Å²) >= 11 is 7.70. The van der Waals surface area contributed by atoms with Gasteiger partial charge in [-0.15, -0.1) is 11.3 Å². The molecule has 1 aromatic carbocycles. The summed E-state index contributed by atoms with van der Waals surface area (Å²) in [7, 11) is 1.92. The molecule has 1 saturated carbocycles. The van der Waals surface area contributed by atoms with Gasteiger partial charge in [-0.2, -0.15) is 0 Å². The van der Waals surface area contributed by atoms with Crippen LogP contribution in [0.2, 0.25) is 5.02 Å². The van der Waals surface area contributed by atoms with Crippen molar-refractivity contribution in [1.29, 1.82) is 0 Å². The first-order valence-corrected chi connectivity index (χ1v) is 9.27. The molecule has 0 spiro atoms. The number of nitrogens with zero attached hydrogens (tertiary/aromatic N) is 2. The minimum Gasteiger partial charge on any atom is -0.338 e. The van der Waals surface area contributed by atoms with Gasteiger partial charge in [0, 0.05) is 18.7 Å². The van der Waals surface area contributed by atoms with Crippen LogP contribution in [0, 0.1) is 6.92 Å². The SMILES string of the molecule is Cc1nc(-c2ccccc2Cl)sc1C(=O)N(C)C1CCCCC1. The van der Waals surface area contributed by atoms with Crippen LogP contribution in [0.3, 0.4) is 0 Å². The molecule has 1 heterocycles. The van der Waals surface area contributed by atoms with Gasteiger partial charge in [-0.3, -0.25) is 4.79 Å². The molecule has 0 saturated heterocycles. The number of hydrogen-bond donors (Lipinski definition) is 0. The predicted octanol–water partition coefficient (Wildman–Crippen LogP) is 5.18. The van der Waals surface area contributed by atoms with E-state index < -0.39 is 0 Å². The lowest BCUT2D eigenvalue weighted by atomic mass is 9.94. The Labute approximate surface area is 146 Å². The Morgan fingerprint density at radius 3 is 2.65 bits per heavy atom. The number of rotatable bonds is 3. The van der Waals surface area contributed by atoms with Crippen LogP contribution in [0.1, 0.15) is 47.5 Å². The van der Waals surface area contributed by atoms with Crippen molar-refractivity contribution in [2.75, 3.05) is 7.05 Å². The number of carbonyl (C=O) groups excluding carboxylic acids is 1. The van der Waals surface area contributed by atoms with E-state index in [1.807, 2.05) is 43.1 Å². The molecule has 23 heavy (non-hydrogen) atoms. The number of hydrogen-bond acceptors (Lipinski definition) is 3. The van der Waals surface area contributed by atoms with Gasteiger partial charge in [0.1, 0.15) is 9.88 Å². The fraction of sp³-hybridized carbons (Fsp3) is 0.444. The Kier molecular flexibility index (Phi) is 5.02. The summed E-state index contributed by atoms with van der Waals surface area (Å²) in [6, 6.07) is 7.99. The normalized spacial score (nSPS) is 15.6. The third-order valence-electron chi connectivity index (χ3n) is 4.54. The molecule has 5 heteroatoms. The first-order chi connectivity index (χ1) is 11.1. The number of halogens is 1. The van der Waals surface area contributed by atoms with E-state index in [1.54, 1.807) is 0 Å². The molecule has 3 nitrogen and oxygen atoms in total. The Hall–Kier alpha value is -1.39. The highest BCUT2D eigenvalue weighted by molar-refractivity contribution is 7.17. The lowest BCUT2D eigenvalue weighted by Crippen LogP contribution is -2.38. The predicted molar refractivity (Wildman–Crippen MR) is 96.3 cm³/mol. The van der Waals surface area contributed by atoms with Crippen LogP contribution in [-0.2, 0) is 0 Å². The van der Waals surface area contributed by atoms with E-state index in [2.05, 4.69) is 4.98 Å². The summed E-state index contributed by atoms with van der Waals surface area (Å²) in [4.78, 5) is 20.1. The average molecular weight is 349 g/mol. The Balaban J connectivity index is 1.86. The second kappa shape index (κ2) is 7.02. The lowest BCUT2D eigenvalue weighted by Gasteiger charge is -2.31. The van der Waals surface area contributed by atoms with Crippen molar-refractivity contribution in [3.63, 3.8) is 0 Å². The zero-order chi connectivity index (χ0) is 16.4. The molecule has 1 aliphatic rings. The lowest BCUT2D eigenvalue weighted by molar-refractivity contribution is 0.0700. The van der Waals surface area contributed by atoms with Crippen LogP contribution in [0.5, 0.6) is 0 Å². The van der Waals surface area contributed by atoms with Gasteiger partial charge in [-0.25, -0.2) is 4.98 Å². The molecule has 1 fully saturated rings. The van der Waals surface area contributed by atoms with Gasteiger partial charge in [-0.1, -0.05) is 49.1 Å². The molecule has 0 radical (unpaired) electrons. The van der Waals surface area contributed by atoms with Crippen LogP contribution in [0.25, 0.3) is 10.6 Å². The van der Waals surface area contributed by atoms with Crippen LogP contribution < -0.4 is 0 Å². The van der Waals surface area contributed by atoms with Crippen molar-refractivity contribution in [3.05, 3.63) is 39.9 Å². The molecule has 1 aliphatic carbocycles. The molecule has 3 rings (SSSR count). The second-order valence-electron chi connectivity index (χ2n) is 6.12. The molecular formula is C18H21ClN2OS. The number of carbonyl (C=O) groups is 1. The van der Waals surface area contributed by atoms with Crippen LogP contribution >= 0.6 is 22.9 Å². The molecule has 0 bridgehead atoms. The van der Waals surface area contributed by atoms with E-state index in [1.165, 1.54) is 30.6 Å². The minimum absolute atomic E-state index is 0.0882. The molecule has 1 amide bonds. The van der Waals surface area contributed by atoms with Crippen LogP contribution in [-0.4, -0.2) is 28.9 Å². The standard InChI is InChI=1S/C18H21ClN2OS/c1-12-16(18(22)21(2)13-8-4-3-5-9-13)23-17(20-12)14-10-6-7-11-15(14)19/h6-7,10-11,13H,3-5,8-9H2,1-2H3. The number of amides is 1. The summed E-state index contributed by atoms with van der Waals surface area (Å²) < 4.78 is 0. The van der Waals surface area contributed by atoms with E-state index in [-0.39, 0.29) is 5.91 Å². The van der Waals surface area contributed by atoms with Gasteiger partial charge < -0.3 is 4.90 Å². The largest absolute Gasteiger partial charge is 0.338 e. The summed E-state index contributed by atoms with van der Waals surface area (Å²) in [6.45, 7) is 1.90. The van der Waals surface area contributed by atoms with Crippen molar-refractivity contribution in [1.82, 2.24) is 9.88 Å². The fourth-order valence-corrected chi connectivity index (χ4v) is 4.51. The third-order valence-corrected chi connectivity index (χ3v) is 6.05. The first-order valence-electron chi connectivity index (χ1n) is 8.07. The maximum Gasteiger partial charge on any atom is 0.265 e. The van der Waals surface area contributed by atoms with Crippen molar-refractivity contribution < 1.29 is 4.79 Å². The van der Waals surface area contributed by atoms with Gasteiger partial charge in [0.2, 0.25) is 0 Å². The van der Waals surface area contributed by atoms with E-state index in [4.69, 9.17) is 11.6 Å². The van der Waals surface area contributed by atoms with Crippen molar-refractivity contribution in [2.45, 2.75) is 45.1 Å². The molecule has 0 aliphatic heterocycles. The zero-order valence-electron chi connectivity index (χ0n) is 13.5. The molecule has 1 aromatic heterocycles. The molecule has 0 atom stereocenters. The maximum absolute atomic E-state index is 12.9. The van der Waals surface area contributed by atoms with Gasteiger partial charge in [-0.05, 0) is 25.8 Å². The highest BCUT2D eigenvalue weighted by Gasteiger charge is 2.26. The Morgan fingerprint density at radius 2 is 1.96 bits per heavy atom. The summed E-state index contributed by atoms with van der Waals surface area (Å²) in [6.07, 6.45) is 5.94. The average Bonchev–Trinajstić information content (AvgIpc) is 2.96. The third kappa shape index (κ3) is 3.43. The van der Waals surface area contributed by atoms with Gasteiger partial charge in [0.15, 0.2) is 0 Å². The number of aryl methyl sites for hydroxylation is 1. The highest BCUT2D eigenvalue weighted by atomic mass is 35.5. The van der Waals surface area contributed by atoms with Crippen LogP contribution in [0.15, 0.2) is 24.3 Å². The molecule has 122 valence electrons. The number of aromatic nitrogens is 1. The second-order valence-corrected chi connectivity index (χ2v) is 7.53. The Morgan fingerprint density at radius 1 is 1.26 bits per heavy atom. The summed E-state index contributed by atoms with van der Waals surface area (Å²) in [5.41, 5.74) is 1.68. The van der Waals surface area contributed by atoms with Crippen molar-refractivity contribution in [3.8, 4) is 10.6 Å². The first kappa shape index (κ1) is 16.5. The van der Waals surface area contributed by atoms with Gasteiger partial charge in [0.05, 0.1) is 10.7 Å². The van der Waals surface area contributed by atoms with Gasteiger partial charge >= 0.3 is 0 Å². The monoisotopic (exact) mass is 348 g/mol. The van der Waals surface area contributed by atoms with Crippen LogP contribution in [0.4, 0.5) is 0 Å². The molecule has 2 aromatic rings. The minimum atomic E-state index is 0.0882.